The molecule has 6 heteroatoms. The summed E-state index contributed by atoms with van der Waals surface area (Å²) in [6.45, 7) is 0. The smallest absolute Gasteiger partial charge is 0.363 e. The van der Waals surface area contributed by atoms with E-state index in [1.54, 1.807) is 69.9 Å². The van der Waals surface area contributed by atoms with Gasteiger partial charge in [0, 0.05) is 17.2 Å². The number of carbonyl (C=O) groups is 1. The second-order valence-corrected chi connectivity index (χ2v) is 5.18. The van der Waals surface area contributed by atoms with Crippen LogP contribution in [0, 0.1) is 0 Å². The van der Waals surface area contributed by atoms with E-state index in [4.69, 9.17) is 18.9 Å². The standard InChI is InChI=1S/C19H17NO5/c1-22-14-6-4-5-13(9-14)18-20-16(19(21)25-18)10-12-7-8-15(23-2)11-17(12)24-3/h4-11H,1-3H3/b16-10+. The van der Waals surface area contributed by atoms with Crippen LogP contribution in [0.2, 0.25) is 0 Å². The molecule has 2 aromatic carbocycles. The number of ether oxygens (including phenoxy) is 4. The highest BCUT2D eigenvalue weighted by Gasteiger charge is 2.24. The van der Waals surface area contributed by atoms with Gasteiger partial charge in [0.1, 0.15) is 17.2 Å². The molecule has 25 heavy (non-hydrogen) atoms. The first-order chi connectivity index (χ1) is 12.1. The van der Waals surface area contributed by atoms with Crippen molar-refractivity contribution in [2.24, 2.45) is 4.99 Å². The molecule has 0 saturated heterocycles. The number of rotatable bonds is 5. The van der Waals surface area contributed by atoms with Gasteiger partial charge < -0.3 is 18.9 Å². The van der Waals surface area contributed by atoms with Crippen LogP contribution in [0.3, 0.4) is 0 Å². The average molecular weight is 339 g/mol. The van der Waals surface area contributed by atoms with Gasteiger partial charge in [-0.1, -0.05) is 6.07 Å². The van der Waals surface area contributed by atoms with E-state index in [1.807, 2.05) is 0 Å². The first kappa shape index (κ1) is 16.6. The fraction of sp³-hybridized carbons (Fsp3) is 0.158. The van der Waals surface area contributed by atoms with Crippen molar-refractivity contribution in [3.63, 3.8) is 0 Å². The fourth-order valence-corrected chi connectivity index (χ4v) is 2.37. The van der Waals surface area contributed by atoms with Gasteiger partial charge in [-0.05, 0) is 36.4 Å². The van der Waals surface area contributed by atoms with E-state index in [0.29, 0.717) is 28.4 Å². The first-order valence-electron chi connectivity index (χ1n) is 7.53. The second-order valence-electron chi connectivity index (χ2n) is 5.18. The number of hydrogen-bond donors (Lipinski definition) is 0. The van der Waals surface area contributed by atoms with Crippen LogP contribution in [-0.4, -0.2) is 33.2 Å². The molecule has 128 valence electrons. The fourth-order valence-electron chi connectivity index (χ4n) is 2.37. The Morgan fingerprint density at radius 2 is 1.72 bits per heavy atom. The van der Waals surface area contributed by atoms with Gasteiger partial charge in [0.25, 0.3) is 0 Å². The Balaban J connectivity index is 1.96. The summed E-state index contributed by atoms with van der Waals surface area (Å²) < 4.78 is 21.0. The minimum atomic E-state index is -0.518. The summed E-state index contributed by atoms with van der Waals surface area (Å²) in [5, 5.41) is 0. The van der Waals surface area contributed by atoms with Gasteiger partial charge in [0.2, 0.25) is 5.90 Å². The molecule has 0 spiro atoms. The van der Waals surface area contributed by atoms with Crippen molar-refractivity contribution in [1.29, 1.82) is 0 Å². The van der Waals surface area contributed by atoms with Crippen LogP contribution in [0.25, 0.3) is 6.08 Å². The zero-order valence-corrected chi connectivity index (χ0v) is 14.1. The largest absolute Gasteiger partial charge is 0.497 e. The maximum Gasteiger partial charge on any atom is 0.363 e. The molecule has 1 aliphatic heterocycles. The number of esters is 1. The van der Waals surface area contributed by atoms with Gasteiger partial charge in [-0.3, -0.25) is 0 Å². The van der Waals surface area contributed by atoms with E-state index >= 15 is 0 Å². The zero-order valence-electron chi connectivity index (χ0n) is 14.1. The minimum Gasteiger partial charge on any atom is -0.497 e. The Hall–Kier alpha value is -3.28. The Kier molecular flexibility index (Phi) is 4.70. The lowest BCUT2D eigenvalue weighted by molar-refractivity contribution is -0.129. The van der Waals surface area contributed by atoms with Crippen LogP contribution in [0.4, 0.5) is 0 Å². The topological polar surface area (TPSA) is 66.3 Å². The molecule has 0 atom stereocenters. The maximum atomic E-state index is 12.1. The molecule has 0 bridgehead atoms. The quantitative estimate of drug-likeness (QED) is 0.619. The Bertz CT molecular complexity index is 870. The molecule has 6 nitrogen and oxygen atoms in total. The van der Waals surface area contributed by atoms with E-state index in [2.05, 4.69) is 4.99 Å². The summed E-state index contributed by atoms with van der Waals surface area (Å²) in [4.78, 5) is 16.4. The number of benzene rings is 2. The summed E-state index contributed by atoms with van der Waals surface area (Å²) in [6.07, 6.45) is 1.62. The van der Waals surface area contributed by atoms with Crippen molar-refractivity contribution < 1.29 is 23.7 Å². The lowest BCUT2D eigenvalue weighted by Gasteiger charge is -2.07. The van der Waals surface area contributed by atoms with Gasteiger partial charge >= 0.3 is 5.97 Å². The third-order valence-electron chi connectivity index (χ3n) is 3.67. The minimum absolute atomic E-state index is 0.196. The molecule has 0 saturated carbocycles. The molecule has 0 radical (unpaired) electrons. The zero-order chi connectivity index (χ0) is 17.8. The Morgan fingerprint density at radius 1 is 0.960 bits per heavy atom. The van der Waals surface area contributed by atoms with Crippen molar-refractivity contribution in [3.05, 3.63) is 59.3 Å². The molecule has 0 aromatic heterocycles. The van der Waals surface area contributed by atoms with Gasteiger partial charge in [-0.25, -0.2) is 9.79 Å². The SMILES string of the molecule is COc1cccc(C2=N/C(=C/c3ccc(OC)cc3OC)C(=O)O2)c1. The normalized spacial score (nSPS) is 14.9. The summed E-state index contributed by atoms with van der Waals surface area (Å²) >= 11 is 0. The van der Waals surface area contributed by atoms with Crippen LogP contribution < -0.4 is 14.2 Å². The molecule has 3 rings (SSSR count). The molecule has 2 aromatic rings. The van der Waals surface area contributed by atoms with E-state index in [1.165, 1.54) is 0 Å². The predicted octanol–water partition coefficient (Wildman–Crippen LogP) is 3.06. The van der Waals surface area contributed by atoms with E-state index in [-0.39, 0.29) is 11.6 Å². The van der Waals surface area contributed by atoms with Crippen molar-refractivity contribution in [2.45, 2.75) is 0 Å². The van der Waals surface area contributed by atoms with Gasteiger partial charge in [0.15, 0.2) is 5.70 Å². The van der Waals surface area contributed by atoms with E-state index in [9.17, 15) is 4.79 Å². The molecular weight excluding hydrogens is 322 g/mol. The third kappa shape index (κ3) is 3.47. The number of cyclic esters (lactones) is 1. The number of methoxy groups -OCH3 is 3. The summed E-state index contributed by atoms with van der Waals surface area (Å²) in [5.41, 5.74) is 1.56. The molecule has 1 aliphatic rings. The highest BCUT2D eigenvalue weighted by Crippen LogP contribution is 2.28. The van der Waals surface area contributed by atoms with Crippen molar-refractivity contribution >= 4 is 17.9 Å². The predicted molar refractivity (Wildman–Crippen MR) is 93.1 cm³/mol. The van der Waals surface area contributed by atoms with Crippen LogP contribution in [-0.2, 0) is 9.53 Å². The average Bonchev–Trinajstić information content (AvgIpc) is 3.02. The first-order valence-corrected chi connectivity index (χ1v) is 7.53. The van der Waals surface area contributed by atoms with Crippen molar-refractivity contribution in [3.8, 4) is 17.2 Å². The third-order valence-corrected chi connectivity index (χ3v) is 3.67. The van der Waals surface area contributed by atoms with Crippen LogP contribution >= 0.6 is 0 Å². The highest BCUT2D eigenvalue weighted by atomic mass is 16.6. The van der Waals surface area contributed by atoms with Crippen LogP contribution in [0.1, 0.15) is 11.1 Å². The maximum absolute atomic E-state index is 12.1. The van der Waals surface area contributed by atoms with Gasteiger partial charge in [0.05, 0.1) is 21.3 Å². The number of hydrogen-bond acceptors (Lipinski definition) is 6. The number of nitrogens with zero attached hydrogens (tertiary/aromatic N) is 1. The molecule has 0 unspecified atom stereocenters. The molecule has 0 fully saturated rings. The highest BCUT2D eigenvalue weighted by molar-refractivity contribution is 6.13. The molecule has 1 heterocycles. The molecular formula is C19H17NO5. The van der Waals surface area contributed by atoms with E-state index in [0.717, 1.165) is 0 Å². The summed E-state index contributed by atoms with van der Waals surface area (Å²) in [6, 6.07) is 12.5. The monoisotopic (exact) mass is 339 g/mol. The van der Waals surface area contributed by atoms with E-state index < -0.39 is 5.97 Å². The second kappa shape index (κ2) is 7.09. The Morgan fingerprint density at radius 3 is 2.44 bits per heavy atom. The lowest BCUT2D eigenvalue weighted by atomic mass is 10.1. The van der Waals surface area contributed by atoms with Crippen molar-refractivity contribution in [2.75, 3.05) is 21.3 Å². The number of carbonyl (C=O) groups excluding carboxylic acids is 1. The van der Waals surface area contributed by atoms with Gasteiger partial charge in [-0.2, -0.15) is 0 Å². The van der Waals surface area contributed by atoms with Crippen molar-refractivity contribution in [1.82, 2.24) is 0 Å². The summed E-state index contributed by atoms with van der Waals surface area (Å²) in [7, 11) is 4.70. The van der Waals surface area contributed by atoms with Crippen LogP contribution in [0.15, 0.2) is 53.2 Å². The molecule has 0 aliphatic carbocycles. The van der Waals surface area contributed by atoms with Gasteiger partial charge in [-0.15, -0.1) is 0 Å². The molecule has 0 N–H and O–H groups in total. The molecule has 0 amide bonds. The number of aliphatic imine (C=N–C) groups is 1. The lowest BCUT2D eigenvalue weighted by Crippen LogP contribution is -2.05. The Labute approximate surface area is 145 Å². The summed E-state index contributed by atoms with van der Waals surface area (Å²) in [5.74, 6) is 1.61. The van der Waals surface area contributed by atoms with Crippen LogP contribution in [0.5, 0.6) is 17.2 Å².